The van der Waals surface area contributed by atoms with Crippen molar-refractivity contribution in [2.75, 3.05) is 11.6 Å². The lowest BCUT2D eigenvalue weighted by Gasteiger charge is -2.38. The van der Waals surface area contributed by atoms with Gasteiger partial charge in [-0.25, -0.2) is 9.40 Å². The lowest BCUT2D eigenvalue weighted by atomic mass is 9.80. The zero-order chi connectivity index (χ0) is 22.7. The third kappa shape index (κ3) is 4.19. The van der Waals surface area contributed by atoms with Crippen molar-refractivity contribution >= 4 is 23.4 Å². The molecule has 1 heterocycles. The van der Waals surface area contributed by atoms with E-state index in [-0.39, 0.29) is 42.5 Å². The van der Waals surface area contributed by atoms with Gasteiger partial charge >= 0.3 is 0 Å². The Hall–Kier alpha value is -3.74. The number of carbonyl (C=O) groups excluding carboxylic acids is 3. The van der Waals surface area contributed by atoms with Crippen LogP contribution in [0.1, 0.15) is 28.8 Å². The lowest BCUT2D eigenvalue weighted by Crippen LogP contribution is -2.59. The van der Waals surface area contributed by atoms with E-state index in [4.69, 9.17) is 0 Å². The Balaban J connectivity index is 1.58. The number of benzene rings is 2. The Bertz CT molecular complexity index is 1100. The number of rotatable bonds is 6. The Morgan fingerprint density at radius 1 is 1.12 bits per heavy atom. The van der Waals surface area contributed by atoms with Gasteiger partial charge in [-0.3, -0.25) is 19.8 Å². The Labute approximate surface area is 186 Å². The number of carbonyl (C=O) groups is 3. The quantitative estimate of drug-likeness (QED) is 0.708. The van der Waals surface area contributed by atoms with Crippen LogP contribution >= 0.6 is 0 Å². The van der Waals surface area contributed by atoms with Crippen LogP contribution in [0.15, 0.2) is 73.3 Å². The van der Waals surface area contributed by atoms with Gasteiger partial charge < -0.3 is 4.90 Å². The van der Waals surface area contributed by atoms with Crippen molar-refractivity contribution in [3.8, 4) is 0 Å². The molecule has 2 atom stereocenters. The third-order valence-corrected chi connectivity index (χ3v) is 5.84. The average molecular weight is 433 g/mol. The highest BCUT2D eigenvalue weighted by atomic mass is 19.1. The molecule has 1 saturated heterocycles. The number of anilines is 1. The van der Waals surface area contributed by atoms with Gasteiger partial charge in [0.2, 0.25) is 11.8 Å². The van der Waals surface area contributed by atoms with Crippen molar-refractivity contribution in [3.05, 3.63) is 90.3 Å². The Morgan fingerprint density at radius 2 is 1.88 bits per heavy atom. The number of amides is 3. The molecule has 0 saturated carbocycles. The molecule has 2 aromatic carbocycles. The fourth-order valence-electron chi connectivity index (χ4n) is 4.15. The Morgan fingerprint density at radius 3 is 2.62 bits per heavy atom. The fourth-order valence-corrected chi connectivity index (χ4v) is 4.15. The van der Waals surface area contributed by atoms with Crippen molar-refractivity contribution in [1.29, 1.82) is 0 Å². The van der Waals surface area contributed by atoms with Gasteiger partial charge in [-0.2, -0.15) is 0 Å². The van der Waals surface area contributed by atoms with E-state index < -0.39 is 5.92 Å². The first-order valence-electron chi connectivity index (χ1n) is 10.5. The average Bonchev–Trinajstić information content (AvgIpc) is 2.82. The highest BCUT2D eigenvalue weighted by Gasteiger charge is 2.42. The first kappa shape index (κ1) is 21.5. The van der Waals surface area contributed by atoms with Crippen molar-refractivity contribution in [3.63, 3.8) is 0 Å². The molecule has 32 heavy (non-hydrogen) atoms. The second kappa shape index (κ2) is 9.18. The van der Waals surface area contributed by atoms with Gasteiger partial charge in [-0.15, -0.1) is 6.58 Å². The molecule has 2 aliphatic rings. The zero-order valence-corrected chi connectivity index (χ0v) is 17.5. The molecule has 6 nitrogen and oxygen atoms in total. The highest BCUT2D eigenvalue weighted by molar-refractivity contribution is 6.05. The third-order valence-electron chi connectivity index (χ3n) is 5.84. The molecule has 1 fully saturated rings. The maximum Gasteiger partial charge on any atom is 0.254 e. The smallest absolute Gasteiger partial charge is 0.254 e. The monoisotopic (exact) mass is 433 g/mol. The molecule has 0 radical (unpaired) electrons. The minimum absolute atomic E-state index is 0.0806. The van der Waals surface area contributed by atoms with Gasteiger partial charge in [0.1, 0.15) is 5.82 Å². The van der Waals surface area contributed by atoms with E-state index in [1.807, 2.05) is 12.2 Å². The first-order chi connectivity index (χ1) is 15.5. The Kier molecular flexibility index (Phi) is 6.16. The molecule has 0 spiro atoms. The molecule has 3 amide bonds. The molecule has 7 heteroatoms. The summed E-state index contributed by atoms with van der Waals surface area (Å²) in [7, 11) is 0. The summed E-state index contributed by atoms with van der Waals surface area (Å²) in [6.45, 7) is 4.00. The van der Waals surface area contributed by atoms with Crippen LogP contribution in [-0.2, 0) is 16.1 Å². The first-order valence-corrected chi connectivity index (χ1v) is 10.5. The number of halogens is 1. The topological polar surface area (TPSA) is 69.7 Å². The molecule has 0 aromatic heterocycles. The SMILES string of the molecule is C=CCN(Cc1ccccc1F)C(=O)c1cccc(N2NC(=O)C3CC=CCC3C2=O)c1. The molecule has 1 N–H and O–H groups in total. The van der Waals surface area contributed by atoms with Crippen molar-refractivity contribution in [2.45, 2.75) is 19.4 Å². The maximum absolute atomic E-state index is 14.1. The number of hydrogen-bond donors (Lipinski definition) is 1. The zero-order valence-electron chi connectivity index (χ0n) is 17.5. The number of hydrazine groups is 1. The summed E-state index contributed by atoms with van der Waals surface area (Å²) < 4.78 is 14.1. The van der Waals surface area contributed by atoms with Gasteiger partial charge in [-0.1, -0.05) is 42.5 Å². The largest absolute Gasteiger partial charge is 0.330 e. The predicted octanol–water partition coefficient (Wildman–Crippen LogP) is 3.61. The van der Waals surface area contributed by atoms with Crippen LogP contribution in [0.4, 0.5) is 10.1 Å². The van der Waals surface area contributed by atoms with Gasteiger partial charge in [0, 0.05) is 24.2 Å². The number of nitrogens with one attached hydrogen (secondary N) is 1. The lowest BCUT2D eigenvalue weighted by molar-refractivity contribution is -0.139. The van der Waals surface area contributed by atoms with Crippen LogP contribution in [0.25, 0.3) is 0 Å². The summed E-state index contributed by atoms with van der Waals surface area (Å²) in [6, 6.07) is 12.8. The highest BCUT2D eigenvalue weighted by Crippen LogP contribution is 2.32. The summed E-state index contributed by atoms with van der Waals surface area (Å²) >= 11 is 0. The second-order valence-corrected chi connectivity index (χ2v) is 7.92. The predicted molar refractivity (Wildman–Crippen MR) is 119 cm³/mol. The molecule has 0 bridgehead atoms. The standard InChI is InChI=1S/C25H24FN3O3/c1-2-14-28(16-18-8-3-6-13-22(18)26)24(31)17-9-7-10-19(15-17)29-25(32)21-12-5-4-11-20(21)23(30)27-29/h2-10,13,15,20-21H,1,11-12,14,16H2,(H,27,30). The van der Waals surface area contributed by atoms with Gasteiger partial charge in [-0.05, 0) is 37.1 Å². The molecule has 164 valence electrons. The fraction of sp³-hybridized carbons (Fsp3) is 0.240. The van der Waals surface area contributed by atoms with E-state index in [2.05, 4.69) is 12.0 Å². The van der Waals surface area contributed by atoms with E-state index in [1.165, 1.54) is 16.0 Å². The second-order valence-electron chi connectivity index (χ2n) is 7.92. The molecule has 1 aliphatic carbocycles. The van der Waals surface area contributed by atoms with Crippen LogP contribution in [0, 0.1) is 17.7 Å². The summed E-state index contributed by atoms with van der Waals surface area (Å²) in [5.41, 5.74) is 3.80. The molecule has 4 rings (SSSR count). The van der Waals surface area contributed by atoms with Crippen LogP contribution in [0.5, 0.6) is 0 Å². The number of hydrogen-bond acceptors (Lipinski definition) is 3. The van der Waals surface area contributed by atoms with Crippen LogP contribution in [-0.4, -0.2) is 29.2 Å². The van der Waals surface area contributed by atoms with Crippen molar-refractivity contribution in [2.24, 2.45) is 11.8 Å². The van der Waals surface area contributed by atoms with E-state index >= 15 is 0 Å². The van der Waals surface area contributed by atoms with Gasteiger partial charge in [0.05, 0.1) is 17.5 Å². The van der Waals surface area contributed by atoms with Crippen molar-refractivity contribution < 1.29 is 18.8 Å². The summed E-state index contributed by atoms with van der Waals surface area (Å²) in [4.78, 5) is 40.3. The molecule has 2 unspecified atom stereocenters. The van der Waals surface area contributed by atoms with Crippen molar-refractivity contribution in [1.82, 2.24) is 10.3 Å². The minimum Gasteiger partial charge on any atom is -0.330 e. The van der Waals surface area contributed by atoms with E-state index in [0.717, 1.165) is 0 Å². The van der Waals surface area contributed by atoms with Crippen LogP contribution in [0.3, 0.4) is 0 Å². The molecular weight excluding hydrogens is 409 g/mol. The summed E-state index contributed by atoms with van der Waals surface area (Å²) in [6.07, 6.45) is 6.48. The van der Waals surface area contributed by atoms with E-state index in [9.17, 15) is 18.8 Å². The molecule has 2 aromatic rings. The minimum atomic E-state index is -0.411. The summed E-state index contributed by atoms with van der Waals surface area (Å²) in [5.74, 6) is -1.89. The normalized spacial score (nSPS) is 19.8. The number of fused-ring (bicyclic) bond motifs is 1. The van der Waals surface area contributed by atoms with Crippen LogP contribution < -0.4 is 10.4 Å². The van der Waals surface area contributed by atoms with E-state index in [1.54, 1.807) is 48.5 Å². The van der Waals surface area contributed by atoms with Crippen LogP contribution in [0.2, 0.25) is 0 Å². The number of nitrogens with zero attached hydrogens (tertiary/aromatic N) is 2. The van der Waals surface area contributed by atoms with Gasteiger partial charge in [0.15, 0.2) is 0 Å². The van der Waals surface area contributed by atoms with Gasteiger partial charge in [0.25, 0.3) is 5.91 Å². The molecular formula is C25H24FN3O3. The maximum atomic E-state index is 14.1. The summed E-state index contributed by atoms with van der Waals surface area (Å²) in [5, 5.41) is 1.23. The molecule has 1 aliphatic heterocycles. The number of allylic oxidation sites excluding steroid dienone is 2. The van der Waals surface area contributed by atoms with E-state index in [0.29, 0.717) is 29.7 Å².